The van der Waals surface area contributed by atoms with Gasteiger partial charge in [0.25, 0.3) is 0 Å². The second-order valence-corrected chi connectivity index (χ2v) is 3.51. The minimum atomic E-state index is 0.142. The number of hydrogen-bond acceptors (Lipinski definition) is 3. The zero-order chi connectivity index (χ0) is 10.7. The molecule has 0 fully saturated rings. The second kappa shape index (κ2) is 4.31. The van der Waals surface area contributed by atoms with Gasteiger partial charge in [-0.1, -0.05) is 6.07 Å². The zero-order valence-electron chi connectivity index (χ0n) is 8.97. The monoisotopic (exact) mass is 205 g/mol. The molecular weight excluding hydrogens is 190 g/mol. The molecule has 2 heterocycles. The second-order valence-electron chi connectivity index (χ2n) is 3.51. The van der Waals surface area contributed by atoms with Crippen LogP contribution in [0.1, 0.15) is 6.92 Å². The predicted molar refractivity (Wildman–Crippen MR) is 59.2 cm³/mol. The van der Waals surface area contributed by atoms with Crippen molar-refractivity contribution in [2.24, 2.45) is 0 Å². The van der Waals surface area contributed by atoms with Crippen molar-refractivity contribution < 1.29 is 4.74 Å². The number of nitrogens with one attached hydrogen (secondary N) is 1. The highest BCUT2D eigenvalue weighted by Crippen LogP contribution is 2.14. The van der Waals surface area contributed by atoms with Crippen LogP contribution < -0.4 is 10.1 Å². The molecule has 2 aromatic rings. The number of fused-ring (bicyclic) bond motifs is 1. The fourth-order valence-electron chi connectivity index (χ4n) is 1.55. The van der Waals surface area contributed by atoms with Gasteiger partial charge < -0.3 is 10.1 Å². The van der Waals surface area contributed by atoms with Crippen LogP contribution in [0.3, 0.4) is 0 Å². The van der Waals surface area contributed by atoms with Gasteiger partial charge in [-0.15, -0.1) is 0 Å². The molecule has 0 radical (unpaired) electrons. The molecule has 4 heteroatoms. The molecule has 0 spiro atoms. The van der Waals surface area contributed by atoms with Gasteiger partial charge in [0.05, 0.1) is 0 Å². The number of rotatable bonds is 4. The Kier molecular flexibility index (Phi) is 2.87. The fourth-order valence-corrected chi connectivity index (χ4v) is 1.55. The summed E-state index contributed by atoms with van der Waals surface area (Å²) in [6.45, 7) is 2.86. The maximum absolute atomic E-state index is 5.79. The molecule has 0 saturated carbocycles. The molecule has 0 aliphatic heterocycles. The molecule has 0 amide bonds. The van der Waals surface area contributed by atoms with Crippen molar-refractivity contribution in [3.63, 3.8) is 0 Å². The van der Waals surface area contributed by atoms with E-state index in [0.29, 0.717) is 0 Å². The largest absolute Gasteiger partial charge is 0.474 e. The van der Waals surface area contributed by atoms with E-state index in [1.54, 1.807) is 6.20 Å². The quantitative estimate of drug-likeness (QED) is 0.818. The first kappa shape index (κ1) is 9.98. The van der Waals surface area contributed by atoms with Crippen LogP contribution in [0.5, 0.6) is 5.88 Å². The number of pyridine rings is 1. The molecule has 0 aliphatic rings. The maximum atomic E-state index is 5.79. The SMILES string of the molecule is CNCC(C)Oc1cccc2nccn12. The van der Waals surface area contributed by atoms with Crippen LogP contribution in [0.25, 0.3) is 5.65 Å². The van der Waals surface area contributed by atoms with Crippen LogP contribution in [-0.4, -0.2) is 29.1 Å². The Balaban J connectivity index is 2.23. The Morgan fingerprint density at radius 2 is 2.40 bits per heavy atom. The minimum absolute atomic E-state index is 0.142. The van der Waals surface area contributed by atoms with Crippen LogP contribution in [-0.2, 0) is 0 Å². The van der Waals surface area contributed by atoms with Gasteiger partial charge in [0.2, 0.25) is 0 Å². The number of ether oxygens (including phenoxy) is 1. The van der Waals surface area contributed by atoms with Gasteiger partial charge in [-0.05, 0) is 26.1 Å². The van der Waals surface area contributed by atoms with Gasteiger partial charge in [-0.25, -0.2) is 4.98 Å². The molecule has 1 N–H and O–H groups in total. The van der Waals surface area contributed by atoms with Gasteiger partial charge in [0.15, 0.2) is 5.88 Å². The van der Waals surface area contributed by atoms with E-state index in [9.17, 15) is 0 Å². The lowest BCUT2D eigenvalue weighted by Gasteiger charge is -2.14. The Morgan fingerprint density at radius 1 is 1.53 bits per heavy atom. The summed E-state index contributed by atoms with van der Waals surface area (Å²) in [5.74, 6) is 0.827. The Hall–Kier alpha value is -1.55. The molecule has 4 nitrogen and oxygen atoms in total. The average Bonchev–Trinajstić information content (AvgIpc) is 2.67. The van der Waals surface area contributed by atoms with Crippen molar-refractivity contribution in [1.82, 2.24) is 14.7 Å². The van der Waals surface area contributed by atoms with E-state index < -0.39 is 0 Å². The lowest BCUT2D eigenvalue weighted by atomic mass is 10.4. The van der Waals surface area contributed by atoms with Gasteiger partial charge in [0, 0.05) is 18.9 Å². The summed E-state index contributed by atoms with van der Waals surface area (Å²) in [5.41, 5.74) is 0.907. The van der Waals surface area contributed by atoms with Crippen LogP contribution in [0.15, 0.2) is 30.6 Å². The molecule has 0 aromatic carbocycles. The van der Waals surface area contributed by atoms with Crippen LogP contribution in [0, 0.1) is 0 Å². The van der Waals surface area contributed by atoms with E-state index in [-0.39, 0.29) is 6.10 Å². The van der Waals surface area contributed by atoms with E-state index in [2.05, 4.69) is 10.3 Å². The van der Waals surface area contributed by atoms with Gasteiger partial charge in [-0.2, -0.15) is 0 Å². The van der Waals surface area contributed by atoms with Crippen LogP contribution in [0.2, 0.25) is 0 Å². The van der Waals surface area contributed by atoms with Crippen molar-refractivity contribution in [3.05, 3.63) is 30.6 Å². The van der Waals surface area contributed by atoms with E-state index in [0.717, 1.165) is 18.1 Å². The molecule has 0 saturated heterocycles. The molecule has 2 aromatic heterocycles. The lowest BCUT2D eigenvalue weighted by molar-refractivity contribution is 0.209. The molecule has 1 unspecified atom stereocenters. The molecule has 1 atom stereocenters. The highest BCUT2D eigenvalue weighted by Gasteiger charge is 2.05. The number of aromatic nitrogens is 2. The summed E-state index contributed by atoms with van der Waals surface area (Å²) in [6, 6.07) is 5.85. The molecule has 0 aliphatic carbocycles. The van der Waals surface area contributed by atoms with Crippen molar-refractivity contribution in [2.75, 3.05) is 13.6 Å². The lowest BCUT2D eigenvalue weighted by Crippen LogP contribution is -2.26. The summed E-state index contributed by atoms with van der Waals surface area (Å²) in [4.78, 5) is 4.20. The third-order valence-corrected chi connectivity index (χ3v) is 2.20. The van der Waals surface area contributed by atoms with E-state index in [1.807, 2.05) is 42.8 Å². The maximum Gasteiger partial charge on any atom is 0.199 e. The van der Waals surface area contributed by atoms with Crippen molar-refractivity contribution in [1.29, 1.82) is 0 Å². The first-order chi connectivity index (χ1) is 7.31. The fraction of sp³-hybridized carbons (Fsp3) is 0.364. The molecule has 0 bridgehead atoms. The van der Waals surface area contributed by atoms with Gasteiger partial charge in [-0.3, -0.25) is 4.40 Å². The predicted octanol–water partition coefficient (Wildman–Crippen LogP) is 1.32. The highest BCUT2D eigenvalue weighted by atomic mass is 16.5. The Bertz CT molecular complexity index is 438. The average molecular weight is 205 g/mol. The summed E-state index contributed by atoms with van der Waals surface area (Å²) in [6.07, 6.45) is 3.81. The summed E-state index contributed by atoms with van der Waals surface area (Å²) in [7, 11) is 1.91. The van der Waals surface area contributed by atoms with Gasteiger partial charge in [0.1, 0.15) is 11.8 Å². The smallest absolute Gasteiger partial charge is 0.199 e. The number of likely N-dealkylation sites (N-methyl/N-ethyl adjacent to an activating group) is 1. The van der Waals surface area contributed by atoms with Crippen LogP contribution in [0.4, 0.5) is 0 Å². The third kappa shape index (κ3) is 2.10. The van der Waals surface area contributed by atoms with Crippen LogP contribution >= 0.6 is 0 Å². The summed E-state index contributed by atoms with van der Waals surface area (Å²) in [5, 5.41) is 3.08. The highest BCUT2D eigenvalue weighted by molar-refractivity contribution is 5.41. The molecular formula is C11H15N3O. The number of hydrogen-bond donors (Lipinski definition) is 1. The molecule has 2 rings (SSSR count). The normalized spacial score (nSPS) is 12.9. The van der Waals surface area contributed by atoms with Crippen molar-refractivity contribution in [3.8, 4) is 5.88 Å². The summed E-state index contributed by atoms with van der Waals surface area (Å²) < 4.78 is 7.72. The Morgan fingerprint density at radius 3 is 3.20 bits per heavy atom. The third-order valence-electron chi connectivity index (χ3n) is 2.20. The van der Waals surface area contributed by atoms with E-state index >= 15 is 0 Å². The van der Waals surface area contributed by atoms with Crippen molar-refractivity contribution in [2.45, 2.75) is 13.0 Å². The number of nitrogens with zero attached hydrogens (tertiary/aromatic N) is 2. The zero-order valence-corrected chi connectivity index (χ0v) is 8.97. The molecule has 15 heavy (non-hydrogen) atoms. The number of imidazole rings is 1. The Labute approximate surface area is 88.9 Å². The first-order valence-electron chi connectivity index (χ1n) is 5.04. The first-order valence-corrected chi connectivity index (χ1v) is 5.04. The minimum Gasteiger partial charge on any atom is -0.474 e. The topological polar surface area (TPSA) is 38.6 Å². The summed E-state index contributed by atoms with van der Waals surface area (Å²) >= 11 is 0. The van der Waals surface area contributed by atoms with Crippen molar-refractivity contribution >= 4 is 5.65 Å². The standard InChI is InChI=1S/C11H15N3O/c1-9(8-12-2)15-11-5-3-4-10-13-6-7-14(10)11/h3-7,9,12H,8H2,1-2H3. The molecule has 80 valence electrons. The van der Waals surface area contributed by atoms with E-state index in [4.69, 9.17) is 4.74 Å². The van der Waals surface area contributed by atoms with Gasteiger partial charge >= 0.3 is 0 Å². The van der Waals surface area contributed by atoms with E-state index in [1.165, 1.54) is 0 Å².